The number of hydrogen-bond donors (Lipinski definition) is 2. The van der Waals surface area contributed by atoms with Crippen LogP contribution in [0.3, 0.4) is 0 Å². The number of amides is 1. The summed E-state index contributed by atoms with van der Waals surface area (Å²) < 4.78 is 6.80. The second-order valence-corrected chi connectivity index (χ2v) is 9.90. The zero-order chi connectivity index (χ0) is 24.6. The summed E-state index contributed by atoms with van der Waals surface area (Å²) in [6.45, 7) is 6.77. The smallest absolute Gasteiger partial charge is 0.250 e. The largest absolute Gasteiger partial charge is 0.375 e. The normalized spacial score (nSPS) is 18.4. The maximum Gasteiger partial charge on any atom is 0.250 e. The molecule has 2 atom stereocenters. The minimum absolute atomic E-state index is 0.0150. The van der Waals surface area contributed by atoms with Crippen LogP contribution in [0.4, 0.5) is 5.69 Å². The molecule has 2 unspecified atom stereocenters. The molecular formula is C27H32N6O2. The molecular weight excluding hydrogens is 440 g/mol. The van der Waals surface area contributed by atoms with Crippen LogP contribution < -0.4 is 5.32 Å². The average molecular weight is 473 g/mol. The second kappa shape index (κ2) is 9.26. The Kier molecular flexibility index (Phi) is 6.15. The molecule has 1 amide bonds. The fourth-order valence-electron chi connectivity index (χ4n) is 4.89. The van der Waals surface area contributed by atoms with Crippen LogP contribution in [-0.4, -0.2) is 44.6 Å². The molecule has 3 heterocycles. The van der Waals surface area contributed by atoms with E-state index in [1.807, 2.05) is 41.3 Å². The van der Waals surface area contributed by atoms with E-state index in [0.29, 0.717) is 11.1 Å². The van der Waals surface area contributed by atoms with Gasteiger partial charge in [0.2, 0.25) is 5.91 Å². The Morgan fingerprint density at radius 3 is 2.86 bits per heavy atom. The number of carbonyl (C=O) groups is 1. The van der Waals surface area contributed by atoms with Crippen LogP contribution in [0, 0.1) is 5.41 Å². The summed E-state index contributed by atoms with van der Waals surface area (Å²) in [5.41, 5.74) is 7.52. The number of pyridine rings is 1. The van der Waals surface area contributed by atoms with Gasteiger partial charge in [-0.05, 0) is 55.4 Å². The van der Waals surface area contributed by atoms with E-state index in [1.165, 1.54) is 31.2 Å². The van der Waals surface area contributed by atoms with Crippen LogP contribution in [-0.2, 0) is 22.4 Å². The van der Waals surface area contributed by atoms with Gasteiger partial charge in [-0.15, -0.1) is 0 Å². The van der Waals surface area contributed by atoms with Gasteiger partial charge in [-0.3, -0.25) is 14.6 Å². The Balaban J connectivity index is 1.37. The van der Waals surface area contributed by atoms with Crippen molar-refractivity contribution in [3.63, 3.8) is 0 Å². The van der Waals surface area contributed by atoms with Crippen LogP contribution in [0.5, 0.6) is 0 Å². The lowest BCUT2D eigenvalue weighted by Gasteiger charge is -2.32. The number of aromatic nitrogens is 5. The van der Waals surface area contributed by atoms with E-state index in [0.717, 1.165) is 40.7 Å². The number of rotatable bonds is 7. The highest BCUT2D eigenvalue weighted by atomic mass is 16.5. The number of aromatic amines is 1. The summed E-state index contributed by atoms with van der Waals surface area (Å²) in [4.78, 5) is 16.4. The van der Waals surface area contributed by atoms with E-state index in [2.05, 4.69) is 47.3 Å². The first-order valence-electron chi connectivity index (χ1n) is 12.2. The van der Waals surface area contributed by atoms with Gasteiger partial charge in [0.05, 0.1) is 11.7 Å². The molecule has 0 saturated heterocycles. The molecule has 0 radical (unpaired) electrons. The number of nitrogens with one attached hydrogen (secondary N) is 2. The van der Waals surface area contributed by atoms with E-state index in [1.54, 1.807) is 0 Å². The number of ether oxygens (including phenoxy) is 1. The first-order chi connectivity index (χ1) is 16.9. The lowest BCUT2D eigenvalue weighted by atomic mass is 9.73. The molecule has 1 aromatic carbocycles. The molecule has 0 fully saturated rings. The van der Waals surface area contributed by atoms with Gasteiger partial charge in [0.25, 0.3) is 0 Å². The quantitative estimate of drug-likeness (QED) is 0.398. The topological polar surface area (TPSA) is 97.7 Å². The Bertz CT molecular complexity index is 1360. The first-order valence-corrected chi connectivity index (χ1v) is 12.2. The van der Waals surface area contributed by atoms with Gasteiger partial charge in [-0.1, -0.05) is 32.4 Å². The fourth-order valence-corrected chi connectivity index (χ4v) is 4.89. The lowest BCUT2D eigenvalue weighted by molar-refractivity contribution is -0.119. The van der Waals surface area contributed by atoms with Crippen molar-refractivity contribution in [2.75, 3.05) is 19.0 Å². The van der Waals surface area contributed by atoms with Crippen LogP contribution in [0.15, 0.2) is 42.7 Å². The summed E-state index contributed by atoms with van der Waals surface area (Å²) in [6.07, 6.45) is 8.37. The van der Waals surface area contributed by atoms with Crippen LogP contribution >= 0.6 is 0 Å². The SMILES string of the molecule is CCC1(C)CCc2c(-c3cnc4nn(C(C)c5ccc(NC(=O)COC)cc5)cc4c3)n[nH]c2C1. The Morgan fingerprint density at radius 2 is 2.11 bits per heavy atom. The molecule has 5 rings (SSSR count). The maximum absolute atomic E-state index is 11.7. The third-order valence-electron chi connectivity index (χ3n) is 7.39. The van der Waals surface area contributed by atoms with Gasteiger partial charge >= 0.3 is 0 Å². The number of methoxy groups -OCH3 is 1. The minimum atomic E-state index is -0.175. The molecule has 8 heteroatoms. The fraction of sp³-hybridized carbons (Fsp3) is 0.407. The Morgan fingerprint density at radius 1 is 1.31 bits per heavy atom. The van der Waals surface area contributed by atoms with E-state index in [9.17, 15) is 4.79 Å². The predicted octanol–water partition coefficient (Wildman–Crippen LogP) is 4.92. The standard InChI is InChI=1S/C27H32N6O2/c1-5-27(3)11-10-22-23(13-27)30-31-25(22)19-12-20-15-33(32-26(20)28-14-19)17(2)18-6-8-21(9-7-18)29-24(34)16-35-4/h6-9,12,14-15,17H,5,10-11,13,16H2,1-4H3,(H,29,34)(H,30,31). The van der Waals surface area contributed by atoms with E-state index >= 15 is 0 Å². The number of nitrogens with zero attached hydrogens (tertiary/aromatic N) is 4. The summed E-state index contributed by atoms with van der Waals surface area (Å²) in [5, 5.41) is 16.5. The van der Waals surface area contributed by atoms with Crippen molar-refractivity contribution >= 4 is 22.6 Å². The third-order valence-corrected chi connectivity index (χ3v) is 7.39. The third kappa shape index (κ3) is 4.58. The number of H-pyrrole nitrogens is 1. The van der Waals surface area contributed by atoms with Gasteiger partial charge in [0.1, 0.15) is 6.61 Å². The lowest BCUT2D eigenvalue weighted by Crippen LogP contribution is -2.24. The monoisotopic (exact) mass is 472 g/mol. The number of fused-ring (bicyclic) bond motifs is 2. The first kappa shape index (κ1) is 23.2. The summed E-state index contributed by atoms with van der Waals surface area (Å²) in [7, 11) is 1.50. The molecule has 8 nitrogen and oxygen atoms in total. The van der Waals surface area contributed by atoms with E-state index in [-0.39, 0.29) is 18.6 Å². The van der Waals surface area contributed by atoms with Crippen molar-refractivity contribution in [3.05, 3.63) is 59.5 Å². The zero-order valence-corrected chi connectivity index (χ0v) is 20.8. The van der Waals surface area contributed by atoms with Crippen LogP contribution in [0.1, 0.15) is 56.5 Å². The second-order valence-electron chi connectivity index (χ2n) is 9.90. The molecule has 1 aliphatic carbocycles. The van der Waals surface area contributed by atoms with Crippen molar-refractivity contribution in [2.45, 2.75) is 52.5 Å². The average Bonchev–Trinajstić information content (AvgIpc) is 3.47. The molecule has 4 aromatic rings. The van der Waals surface area contributed by atoms with Gasteiger partial charge < -0.3 is 10.1 Å². The number of hydrogen-bond acceptors (Lipinski definition) is 5. The maximum atomic E-state index is 11.7. The van der Waals surface area contributed by atoms with Gasteiger partial charge in [-0.2, -0.15) is 10.2 Å². The van der Waals surface area contributed by atoms with Crippen molar-refractivity contribution in [1.82, 2.24) is 25.0 Å². The molecule has 1 aliphatic rings. The highest BCUT2D eigenvalue weighted by Gasteiger charge is 2.31. The summed E-state index contributed by atoms with van der Waals surface area (Å²) >= 11 is 0. The van der Waals surface area contributed by atoms with Gasteiger partial charge in [0.15, 0.2) is 5.65 Å². The molecule has 0 saturated carbocycles. The Hall–Kier alpha value is -3.52. The zero-order valence-electron chi connectivity index (χ0n) is 20.8. The van der Waals surface area contributed by atoms with Gasteiger partial charge in [-0.25, -0.2) is 4.98 Å². The Labute approximate surface area is 205 Å². The summed E-state index contributed by atoms with van der Waals surface area (Å²) in [6, 6.07) is 9.93. The number of carbonyl (C=O) groups excluding carboxylic acids is 1. The van der Waals surface area contributed by atoms with Crippen molar-refractivity contribution in [2.24, 2.45) is 5.41 Å². The molecule has 3 aromatic heterocycles. The highest BCUT2D eigenvalue weighted by Crippen LogP contribution is 2.40. The van der Waals surface area contributed by atoms with Crippen LogP contribution in [0.25, 0.3) is 22.3 Å². The summed E-state index contributed by atoms with van der Waals surface area (Å²) in [5.74, 6) is -0.175. The minimum Gasteiger partial charge on any atom is -0.375 e. The number of anilines is 1. The van der Waals surface area contributed by atoms with Crippen molar-refractivity contribution in [1.29, 1.82) is 0 Å². The molecule has 35 heavy (non-hydrogen) atoms. The highest BCUT2D eigenvalue weighted by molar-refractivity contribution is 5.91. The molecule has 0 spiro atoms. The molecule has 0 aliphatic heterocycles. The molecule has 182 valence electrons. The van der Waals surface area contributed by atoms with E-state index < -0.39 is 0 Å². The predicted molar refractivity (Wildman–Crippen MR) is 136 cm³/mol. The van der Waals surface area contributed by atoms with Crippen molar-refractivity contribution < 1.29 is 9.53 Å². The van der Waals surface area contributed by atoms with Crippen LogP contribution in [0.2, 0.25) is 0 Å². The molecule has 2 N–H and O–H groups in total. The number of benzene rings is 1. The molecule has 0 bridgehead atoms. The van der Waals surface area contributed by atoms with Gasteiger partial charge in [0, 0.05) is 47.4 Å². The van der Waals surface area contributed by atoms with Crippen molar-refractivity contribution in [3.8, 4) is 11.3 Å². The van der Waals surface area contributed by atoms with E-state index in [4.69, 9.17) is 9.84 Å².